The highest BCUT2D eigenvalue weighted by Crippen LogP contribution is 2.27. The van der Waals surface area contributed by atoms with Gasteiger partial charge in [0.15, 0.2) is 0 Å². The molecular weight excluding hydrogens is 272 g/mol. The van der Waals surface area contributed by atoms with Gasteiger partial charge in [-0.3, -0.25) is 19.7 Å². The number of anilines is 2. The van der Waals surface area contributed by atoms with Gasteiger partial charge in [-0.2, -0.15) is 0 Å². The average Bonchev–Trinajstić information content (AvgIpc) is 2.42. The molecule has 7 heteroatoms. The van der Waals surface area contributed by atoms with E-state index in [4.69, 9.17) is 5.73 Å². The smallest absolute Gasteiger partial charge is 0.253 e. The summed E-state index contributed by atoms with van der Waals surface area (Å²) in [7, 11) is 3.31. The number of carbonyl (C=O) groups excluding carboxylic acids is 3. The lowest BCUT2D eigenvalue weighted by Crippen LogP contribution is -2.57. The minimum absolute atomic E-state index is 0.0537. The van der Waals surface area contributed by atoms with Gasteiger partial charge in [-0.05, 0) is 25.1 Å². The summed E-state index contributed by atoms with van der Waals surface area (Å²) in [5.74, 6) is -0.890. The summed E-state index contributed by atoms with van der Waals surface area (Å²) < 4.78 is 0. The van der Waals surface area contributed by atoms with Gasteiger partial charge in [-0.15, -0.1) is 0 Å². The van der Waals surface area contributed by atoms with Crippen molar-refractivity contribution in [1.29, 1.82) is 0 Å². The predicted octanol–water partition coefficient (Wildman–Crippen LogP) is -0.178. The Morgan fingerprint density at radius 2 is 2.05 bits per heavy atom. The number of nitrogens with two attached hydrogens (primary N) is 1. The molecule has 2 rings (SSSR count). The predicted molar refractivity (Wildman–Crippen MR) is 78.8 cm³/mol. The molecule has 3 amide bonds. The van der Waals surface area contributed by atoms with Gasteiger partial charge in [0, 0.05) is 19.7 Å². The van der Waals surface area contributed by atoms with Crippen LogP contribution in [0.2, 0.25) is 0 Å². The molecule has 1 aromatic rings. The SMILES string of the molecule is CC1C(=O)NC(=O)CN1c1ccc(C(=O)N(C)C)cc1N. The molecule has 1 atom stereocenters. The Morgan fingerprint density at radius 3 is 2.62 bits per heavy atom. The number of hydrogen-bond acceptors (Lipinski definition) is 5. The molecule has 1 unspecified atom stereocenters. The third-order valence-corrected chi connectivity index (χ3v) is 3.41. The molecule has 1 fully saturated rings. The van der Waals surface area contributed by atoms with Crippen molar-refractivity contribution < 1.29 is 14.4 Å². The van der Waals surface area contributed by atoms with Crippen molar-refractivity contribution in [3.05, 3.63) is 23.8 Å². The molecule has 0 spiro atoms. The summed E-state index contributed by atoms with van der Waals surface area (Å²) in [6, 6.07) is 4.36. The van der Waals surface area contributed by atoms with Crippen molar-refractivity contribution in [2.24, 2.45) is 0 Å². The molecule has 0 radical (unpaired) electrons. The molecule has 1 saturated heterocycles. The number of nitrogens with zero attached hydrogens (tertiary/aromatic N) is 2. The van der Waals surface area contributed by atoms with Crippen LogP contribution in [0.3, 0.4) is 0 Å². The van der Waals surface area contributed by atoms with Crippen molar-refractivity contribution in [3.8, 4) is 0 Å². The van der Waals surface area contributed by atoms with E-state index >= 15 is 0 Å². The number of nitrogen functional groups attached to an aromatic ring is 1. The maximum Gasteiger partial charge on any atom is 0.253 e. The highest BCUT2D eigenvalue weighted by Gasteiger charge is 2.31. The molecule has 21 heavy (non-hydrogen) atoms. The zero-order valence-electron chi connectivity index (χ0n) is 12.2. The monoisotopic (exact) mass is 290 g/mol. The fraction of sp³-hybridized carbons (Fsp3) is 0.357. The second-order valence-corrected chi connectivity index (χ2v) is 5.19. The van der Waals surface area contributed by atoms with Gasteiger partial charge in [0.05, 0.1) is 17.9 Å². The number of amides is 3. The third kappa shape index (κ3) is 2.81. The molecule has 0 saturated carbocycles. The average molecular weight is 290 g/mol. The minimum Gasteiger partial charge on any atom is -0.397 e. The molecule has 112 valence electrons. The van der Waals surface area contributed by atoms with Crippen LogP contribution in [0, 0.1) is 0 Å². The summed E-state index contributed by atoms with van der Waals surface area (Å²) >= 11 is 0. The number of rotatable bonds is 2. The van der Waals surface area contributed by atoms with Crippen LogP contribution in [0.1, 0.15) is 17.3 Å². The molecule has 1 aliphatic rings. The van der Waals surface area contributed by atoms with Crippen LogP contribution in [0.4, 0.5) is 11.4 Å². The number of carbonyl (C=O) groups is 3. The molecule has 0 aliphatic carbocycles. The van der Waals surface area contributed by atoms with Crippen LogP contribution < -0.4 is 16.0 Å². The van der Waals surface area contributed by atoms with E-state index < -0.39 is 6.04 Å². The number of piperazine rings is 1. The van der Waals surface area contributed by atoms with E-state index in [1.54, 1.807) is 44.1 Å². The van der Waals surface area contributed by atoms with E-state index in [1.165, 1.54) is 4.90 Å². The molecule has 0 aromatic heterocycles. The van der Waals surface area contributed by atoms with Crippen molar-refractivity contribution >= 4 is 29.1 Å². The highest BCUT2D eigenvalue weighted by atomic mass is 16.2. The van der Waals surface area contributed by atoms with Gasteiger partial charge in [-0.25, -0.2) is 0 Å². The Morgan fingerprint density at radius 1 is 1.38 bits per heavy atom. The number of imide groups is 1. The lowest BCUT2D eigenvalue weighted by Gasteiger charge is -2.34. The second kappa shape index (κ2) is 5.43. The Bertz CT molecular complexity index is 612. The molecule has 1 heterocycles. The summed E-state index contributed by atoms with van der Waals surface area (Å²) in [5, 5.41) is 2.27. The van der Waals surface area contributed by atoms with Gasteiger partial charge >= 0.3 is 0 Å². The largest absolute Gasteiger partial charge is 0.397 e. The van der Waals surface area contributed by atoms with Gasteiger partial charge in [0.2, 0.25) is 11.8 Å². The summed E-state index contributed by atoms with van der Waals surface area (Å²) in [4.78, 5) is 38.2. The molecule has 0 bridgehead atoms. The molecular formula is C14H18N4O3. The van der Waals surface area contributed by atoms with Crippen LogP contribution in [0.5, 0.6) is 0 Å². The van der Waals surface area contributed by atoms with Crippen LogP contribution in [-0.4, -0.2) is 49.3 Å². The van der Waals surface area contributed by atoms with Gasteiger partial charge < -0.3 is 15.5 Å². The van der Waals surface area contributed by atoms with E-state index in [-0.39, 0.29) is 24.3 Å². The van der Waals surface area contributed by atoms with Crippen LogP contribution in [0.25, 0.3) is 0 Å². The number of hydrogen-bond donors (Lipinski definition) is 2. The molecule has 3 N–H and O–H groups in total. The van der Waals surface area contributed by atoms with E-state index in [2.05, 4.69) is 5.32 Å². The number of benzene rings is 1. The van der Waals surface area contributed by atoms with Gasteiger partial charge in [0.25, 0.3) is 5.91 Å². The topological polar surface area (TPSA) is 95.7 Å². The Hall–Kier alpha value is -2.57. The second-order valence-electron chi connectivity index (χ2n) is 5.19. The van der Waals surface area contributed by atoms with Crippen LogP contribution >= 0.6 is 0 Å². The van der Waals surface area contributed by atoms with Crippen LogP contribution in [-0.2, 0) is 9.59 Å². The van der Waals surface area contributed by atoms with Crippen LogP contribution in [0.15, 0.2) is 18.2 Å². The Kier molecular flexibility index (Phi) is 3.84. The lowest BCUT2D eigenvalue weighted by molar-refractivity contribution is -0.132. The first-order chi connectivity index (χ1) is 9.81. The molecule has 7 nitrogen and oxygen atoms in total. The fourth-order valence-corrected chi connectivity index (χ4v) is 2.22. The maximum atomic E-state index is 11.9. The molecule has 1 aromatic carbocycles. The van der Waals surface area contributed by atoms with Crippen molar-refractivity contribution in [2.45, 2.75) is 13.0 Å². The Balaban J connectivity index is 2.34. The lowest BCUT2D eigenvalue weighted by atomic mass is 10.1. The number of nitrogens with one attached hydrogen (secondary N) is 1. The minimum atomic E-state index is -0.500. The standard InChI is InChI=1S/C14H18N4O3/c1-8-13(20)16-12(19)7-18(8)11-5-4-9(6-10(11)15)14(21)17(2)3/h4-6,8H,7,15H2,1-3H3,(H,16,19,20). The van der Waals surface area contributed by atoms with E-state index in [0.717, 1.165) is 0 Å². The first-order valence-electron chi connectivity index (χ1n) is 6.52. The van der Waals surface area contributed by atoms with Crippen molar-refractivity contribution in [1.82, 2.24) is 10.2 Å². The summed E-state index contributed by atoms with van der Waals surface area (Å²) in [5.41, 5.74) is 7.38. The first kappa shape index (κ1) is 14.8. The van der Waals surface area contributed by atoms with Gasteiger partial charge in [-0.1, -0.05) is 0 Å². The van der Waals surface area contributed by atoms with Crippen molar-refractivity contribution in [3.63, 3.8) is 0 Å². The zero-order chi connectivity index (χ0) is 15.7. The third-order valence-electron chi connectivity index (χ3n) is 3.41. The quantitative estimate of drug-likeness (QED) is 0.582. The van der Waals surface area contributed by atoms with Crippen molar-refractivity contribution in [2.75, 3.05) is 31.3 Å². The summed E-state index contributed by atoms with van der Waals surface area (Å²) in [6.45, 7) is 1.75. The fourth-order valence-electron chi connectivity index (χ4n) is 2.22. The maximum absolute atomic E-state index is 11.9. The Labute approximate surface area is 122 Å². The first-order valence-corrected chi connectivity index (χ1v) is 6.52. The zero-order valence-corrected chi connectivity index (χ0v) is 12.2. The van der Waals surface area contributed by atoms with E-state index in [9.17, 15) is 14.4 Å². The van der Waals surface area contributed by atoms with Gasteiger partial charge in [0.1, 0.15) is 6.04 Å². The molecule has 1 aliphatic heterocycles. The normalized spacial score (nSPS) is 18.4. The van der Waals surface area contributed by atoms with E-state index in [0.29, 0.717) is 16.9 Å². The summed E-state index contributed by atoms with van der Waals surface area (Å²) in [6.07, 6.45) is 0. The van der Waals surface area contributed by atoms with E-state index in [1.807, 2.05) is 0 Å². The highest BCUT2D eigenvalue weighted by molar-refractivity contribution is 6.05.